The van der Waals surface area contributed by atoms with Crippen LogP contribution in [0.2, 0.25) is 0 Å². The highest BCUT2D eigenvalue weighted by molar-refractivity contribution is 7.89. The number of nitrogens with zero attached hydrogens (tertiary/aromatic N) is 3. The molecule has 0 N–H and O–H groups in total. The summed E-state index contributed by atoms with van der Waals surface area (Å²) in [6, 6.07) is 15.7. The third-order valence-corrected chi connectivity index (χ3v) is 6.95. The second-order valence-electron chi connectivity index (χ2n) is 7.24. The van der Waals surface area contributed by atoms with Crippen molar-refractivity contribution in [1.29, 1.82) is 0 Å². The van der Waals surface area contributed by atoms with E-state index in [1.54, 1.807) is 0 Å². The van der Waals surface area contributed by atoms with E-state index in [1.807, 2.05) is 36.4 Å². The van der Waals surface area contributed by atoms with Crippen LogP contribution in [0.25, 0.3) is 11.3 Å². The van der Waals surface area contributed by atoms with E-state index in [0.717, 1.165) is 35.5 Å². The molecule has 4 rings (SSSR count). The fourth-order valence-electron chi connectivity index (χ4n) is 3.44. The van der Waals surface area contributed by atoms with Gasteiger partial charge in [0.25, 0.3) is 0 Å². The van der Waals surface area contributed by atoms with Crippen molar-refractivity contribution in [2.75, 3.05) is 26.2 Å². The van der Waals surface area contributed by atoms with Crippen LogP contribution < -0.4 is 4.74 Å². The standard InChI is InChI=1S/C21H20F3N3O4S/c22-21(23,24)30-17-6-8-19(9-7-17)32(28,29)27-12-10-26(11-13-27)15-18-14-20(25-31-18)16-4-2-1-3-5-16/h1-9,14H,10-13,15H2. The molecule has 11 heteroatoms. The van der Waals surface area contributed by atoms with Crippen molar-refractivity contribution in [3.63, 3.8) is 0 Å². The highest BCUT2D eigenvalue weighted by atomic mass is 32.2. The highest BCUT2D eigenvalue weighted by Gasteiger charge is 2.32. The van der Waals surface area contributed by atoms with Crippen LogP contribution in [0.5, 0.6) is 5.75 Å². The first-order chi connectivity index (χ1) is 15.2. The summed E-state index contributed by atoms with van der Waals surface area (Å²) in [6.07, 6.45) is -4.83. The minimum absolute atomic E-state index is 0.0804. The Balaban J connectivity index is 1.34. The summed E-state index contributed by atoms with van der Waals surface area (Å²) in [4.78, 5) is 1.98. The number of hydrogen-bond donors (Lipinski definition) is 0. The number of hydrogen-bond acceptors (Lipinski definition) is 6. The van der Waals surface area contributed by atoms with Gasteiger partial charge in [-0.25, -0.2) is 8.42 Å². The van der Waals surface area contributed by atoms with Crippen LogP contribution in [-0.2, 0) is 16.6 Å². The summed E-state index contributed by atoms with van der Waals surface area (Å²) in [5, 5.41) is 4.09. The monoisotopic (exact) mass is 467 g/mol. The van der Waals surface area contributed by atoms with Gasteiger partial charge in [0.1, 0.15) is 11.4 Å². The summed E-state index contributed by atoms with van der Waals surface area (Å²) < 4.78 is 73.0. The summed E-state index contributed by atoms with van der Waals surface area (Å²) in [6.45, 7) is 1.97. The Morgan fingerprint density at radius 2 is 1.62 bits per heavy atom. The SMILES string of the molecule is O=S(=O)(c1ccc(OC(F)(F)F)cc1)N1CCN(Cc2cc(-c3ccccc3)no2)CC1. The van der Waals surface area contributed by atoms with E-state index in [4.69, 9.17) is 4.52 Å². The van der Waals surface area contributed by atoms with E-state index in [1.165, 1.54) is 4.31 Å². The Hall–Kier alpha value is -2.89. The molecule has 0 spiro atoms. The maximum absolute atomic E-state index is 12.8. The molecule has 2 heterocycles. The van der Waals surface area contributed by atoms with Crippen molar-refractivity contribution in [2.45, 2.75) is 17.8 Å². The van der Waals surface area contributed by atoms with Crippen molar-refractivity contribution in [1.82, 2.24) is 14.4 Å². The maximum Gasteiger partial charge on any atom is 0.573 e. The molecule has 170 valence electrons. The molecular formula is C21H20F3N3O4S. The van der Waals surface area contributed by atoms with E-state index in [2.05, 4.69) is 14.8 Å². The zero-order chi connectivity index (χ0) is 22.8. The van der Waals surface area contributed by atoms with Crippen LogP contribution in [0, 0.1) is 0 Å². The van der Waals surface area contributed by atoms with Crippen molar-refractivity contribution in [3.8, 4) is 17.0 Å². The highest BCUT2D eigenvalue weighted by Crippen LogP contribution is 2.26. The van der Waals surface area contributed by atoms with Crippen LogP contribution in [0.15, 0.2) is 70.1 Å². The van der Waals surface area contributed by atoms with Crippen molar-refractivity contribution < 1.29 is 30.8 Å². The first kappa shape index (κ1) is 22.3. The molecule has 3 aromatic rings. The number of rotatable bonds is 6. The average Bonchev–Trinajstić information content (AvgIpc) is 3.22. The Morgan fingerprint density at radius 1 is 0.969 bits per heavy atom. The van der Waals surface area contributed by atoms with Crippen LogP contribution in [0.1, 0.15) is 5.76 Å². The van der Waals surface area contributed by atoms with E-state index >= 15 is 0 Å². The Kier molecular flexibility index (Phi) is 6.22. The third-order valence-electron chi connectivity index (χ3n) is 5.03. The van der Waals surface area contributed by atoms with E-state index in [0.29, 0.717) is 25.4 Å². The predicted octanol–water partition coefficient (Wildman–Crippen LogP) is 3.75. The topological polar surface area (TPSA) is 75.9 Å². The number of sulfonamides is 1. The molecule has 0 saturated carbocycles. The normalized spacial score (nSPS) is 16.2. The average molecular weight is 467 g/mol. The van der Waals surface area contributed by atoms with Crippen LogP contribution in [0.4, 0.5) is 13.2 Å². The van der Waals surface area contributed by atoms with Gasteiger partial charge in [-0.05, 0) is 24.3 Å². The lowest BCUT2D eigenvalue weighted by atomic mass is 10.1. The number of ether oxygens (including phenoxy) is 1. The van der Waals surface area contributed by atoms with Gasteiger partial charge in [-0.15, -0.1) is 13.2 Å². The fourth-order valence-corrected chi connectivity index (χ4v) is 4.87. The van der Waals surface area contributed by atoms with Gasteiger partial charge in [-0.3, -0.25) is 4.90 Å². The zero-order valence-corrected chi connectivity index (χ0v) is 17.6. The number of piperazine rings is 1. The second-order valence-corrected chi connectivity index (χ2v) is 9.18. The molecule has 32 heavy (non-hydrogen) atoms. The first-order valence-electron chi connectivity index (χ1n) is 9.80. The Bertz CT molecular complexity index is 1140. The molecule has 2 aromatic carbocycles. The number of aromatic nitrogens is 1. The molecule has 7 nitrogen and oxygen atoms in total. The summed E-state index contributed by atoms with van der Waals surface area (Å²) in [5.74, 6) is 0.212. The lowest BCUT2D eigenvalue weighted by Crippen LogP contribution is -2.48. The van der Waals surface area contributed by atoms with Gasteiger partial charge in [-0.1, -0.05) is 35.5 Å². The molecule has 0 aliphatic carbocycles. The Morgan fingerprint density at radius 3 is 2.25 bits per heavy atom. The van der Waals surface area contributed by atoms with Gasteiger partial charge in [-0.2, -0.15) is 4.31 Å². The number of halogens is 3. The van der Waals surface area contributed by atoms with E-state index < -0.39 is 22.1 Å². The van der Waals surface area contributed by atoms with Crippen LogP contribution in [-0.4, -0.2) is 55.3 Å². The summed E-state index contributed by atoms with van der Waals surface area (Å²) in [5.41, 5.74) is 1.69. The van der Waals surface area contributed by atoms with Crippen LogP contribution in [0.3, 0.4) is 0 Å². The molecule has 0 radical (unpaired) electrons. The molecule has 0 amide bonds. The van der Waals surface area contributed by atoms with Gasteiger partial charge in [0.05, 0.1) is 11.4 Å². The van der Waals surface area contributed by atoms with Gasteiger partial charge < -0.3 is 9.26 Å². The molecule has 0 bridgehead atoms. The molecule has 1 aliphatic rings. The quantitative estimate of drug-likeness (QED) is 0.550. The maximum atomic E-state index is 12.8. The van der Waals surface area contributed by atoms with Gasteiger partial charge in [0.2, 0.25) is 10.0 Å². The van der Waals surface area contributed by atoms with Crippen molar-refractivity contribution in [3.05, 3.63) is 66.4 Å². The molecule has 1 saturated heterocycles. The molecule has 1 fully saturated rings. The smallest absolute Gasteiger partial charge is 0.406 e. The zero-order valence-electron chi connectivity index (χ0n) is 16.8. The largest absolute Gasteiger partial charge is 0.573 e. The summed E-state index contributed by atoms with van der Waals surface area (Å²) in [7, 11) is -3.82. The molecular weight excluding hydrogens is 447 g/mol. The third kappa shape index (κ3) is 5.29. The Labute approximate surface area is 183 Å². The van der Waals surface area contributed by atoms with Crippen molar-refractivity contribution in [2.24, 2.45) is 0 Å². The molecule has 0 atom stereocenters. The van der Waals surface area contributed by atoms with Gasteiger partial charge in [0.15, 0.2) is 5.76 Å². The van der Waals surface area contributed by atoms with Crippen molar-refractivity contribution >= 4 is 10.0 Å². The predicted molar refractivity (Wildman–Crippen MR) is 109 cm³/mol. The second kappa shape index (κ2) is 8.93. The summed E-state index contributed by atoms with van der Waals surface area (Å²) >= 11 is 0. The van der Waals surface area contributed by atoms with Gasteiger partial charge >= 0.3 is 6.36 Å². The lowest BCUT2D eigenvalue weighted by molar-refractivity contribution is -0.274. The number of alkyl halides is 3. The molecule has 1 aliphatic heterocycles. The molecule has 1 aromatic heterocycles. The first-order valence-corrected chi connectivity index (χ1v) is 11.2. The number of benzene rings is 2. The minimum Gasteiger partial charge on any atom is -0.406 e. The fraction of sp³-hybridized carbons (Fsp3) is 0.286. The van der Waals surface area contributed by atoms with E-state index in [9.17, 15) is 21.6 Å². The van der Waals surface area contributed by atoms with Gasteiger partial charge in [0, 0.05) is 37.8 Å². The minimum atomic E-state index is -4.83. The lowest BCUT2D eigenvalue weighted by Gasteiger charge is -2.33. The molecule has 0 unspecified atom stereocenters. The van der Waals surface area contributed by atoms with E-state index in [-0.39, 0.29) is 18.0 Å². The van der Waals surface area contributed by atoms with Crippen LogP contribution >= 0.6 is 0 Å².